The van der Waals surface area contributed by atoms with Gasteiger partial charge in [0.25, 0.3) is 0 Å². The molecule has 116 valence electrons. The lowest BCUT2D eigenvalue weighted by Gasteiger charge is -2.12. The monoisotopic (exact) mass is 334 g/mol. The maximum Gasteiger partial charge on any atom is 0.306 e. The molecule has 21 heavy (non-hydrogen) atoms. The van der Waals surface area contributed by atoms with Gasteiger partial charge in [0.2, 0.25) is 10.0 Å². The van der Waals surface area contributed by atoms with Gasteiger partial charge in [0.05, 0.1) is 30.0 Å². The fourth-order valence-corrected chi connectivity index (χ4v) is 2.78. The number of sulfonamides is 1. The summed E-state index contributed by atoms with van der Waals surface area (Å²) in [4.78, 5) is 10.9. The van der Waals surface area contributed by atoms with Gasteiger partial charge >= 0.3 is 5.97 Å². The van der Waals surface area contributed by atoms with Gasteiger partial charge < -0.3 is 10.5 Å². The predicted octanol–water partition coefficient (Wildman–Crippen LogP) is 1.15. The first-order chi connectivity index (χ1) is 9.76. The zero-order valence-electron chi connectivity index (χ0n) is 11.3. The SMILES string of the molecule is CCOC(=O)CCS(=O)(=O)Nc1cccc(F)c1C(N)=S. The van der Waals surface area contributed by atoms with E-state index in [9.17, 15) is 17.6 Å². The first-order valence-corrected chi connectivity index (χ1v) is 8.07. The number of hydrogen-bond donors (Lipinski definition) is 2. The second-order valence-corrected chi connectivity index (χ2v) is 6.28. The van der Waals surface area contributed by atoms with Gasteiger partial charge in [0, 0.05) is 0 Å². The van der Waals surface area contributed by atoms with Crippen molar-refractivity contribution < 1.29 is 22.3 Å². The number of rotatable bonds is 7. The molecule has 0 radical (unpaired) electrons. The molecule has 0 aliphatic heterocycles. The Kier molecular flexibility index (Phi) is 6.03. The molecule has 0 unspecified atom stereocenters. The number of carbonyl (C=O) groups is 1. The van der Waals surface area contributed by atoms with Crippen LogP contribution in [0.4, 0.5) is 10.1 Å². The number of nitrogens with one attached hydrogen (secondary N) is 1. The molecule has 0 aliphatic rings. The largest absolute Gasteiger partial charge is 0.466 e. The normalized spacial score (nSPS) is 11.0. The summed E-state index contributed by atoms with van der Waals surface area (Å²) in [5.74, 6) is -1.84. The van der Waals surface area contributed by atoms with Crippen LogP contribution >= 0.6 is 12.2 Å². The Morgan fingerprint density at radius 3 is 2.71 bits per heavy atom. The lowest BCUT2D eigenvalue weighted by molar-refractivity contribution is -0.142. The molecule has 0 amide bonds. The summed E-state index contributed by atoms with van der Waals surface area (Å²) >= 11 is 4.70. The van der Waals surface area contributed by atoms with E-state index in [0.29, 0.717) is 0 Å². The Labute approximate surface area is 127 Å². The zero-order valence-corrected chi connectivity index (χ0v) is 12.9. The van der Waals surface area contributed by atoms with Crippen molar-refractivity contribution in [2.24, 2.45) is 5.73 Å². The molecule has 0 fully saturated rings. The van der Waals surface area contributed by atoms with Crippen LogP contribution in [0.5, 0.6) is 0 Å². The topological polar surface area (TPSA) is 98.5 Å². The maximum atomic E-state index is 13.6. The number of nitrogens with two attached hydrogens (primary N) is 1. The highest BCUT2D eigenvalue weighted by atomic mass is 32.2. The van der Waals surface area contributed by atoms with Crippen LogP contribution in [0.15, 0.2) is 18.2 Å². The van der Waals surface area contributed by atoms with Crippen molar-refractivity contribution in [2.75, 3.05) is 17.1 Å². The summed E-state index contributed by atoms with van der Waals surface area (Å²) in [7, 11) is -3.85. The molecule has 0 spiro atoms. The van der Waals surface area contributed by atoms with Crippen molar-refractivity contribution in [2.45, 2.75) is 13.3 Å². The Morgan fingerprint density at radius 2 is 2.14 bits per heavy atom. The summed E-state index contributed by atoms with van der Waals surface area (Å²) in [5.41, 5.74) is 5.13. The van der Waals surface area contributed by atoms with Gasteiger partial charge in [-0.15, -0.1) is 0 Å². The molecule has 1 aromatic rings. The van der Waals surface area contributed by atoms with Crippen LogP contribution in [0.2, 0.25) is 0 Å². The average Bonchev–Trinajstić information content (AvgIpc) is 2.36. The molecule has 0 heterocycles. The van der Waals surface area contributed by atoms with Crippen LogP contribution in [-0.2, 0) is 19.6 Å². The van der Waals surface area contributed by atoms with Crippen LogP contribution in [0.3, 0.4) is 0 Å². The number of ether oxygens (including phenoxy) is 1. The van der Waals surface area contributed by atoms with Gasteiger partial charge in [-0.3, -0.25) is 9.52 Å². The van der Waals surface area contributed by atoms with Gasteiger partial charge in [-0.1, -0.05) is 18.3 Å². The summed E-state index contributed by atoms with van der Waals surface area (Å²) in [6, 6.07) is 3.77. The van der Waals surface area contributed by atoms with Crippen molar-refractivity contribution >= 4 is 38.9 Å². The Morgan fingerprint density at radius 1 is 1.48 bits per heavy atom. The minimum atomic E-state index is -3.85. The number of esters is 1. The maximum absolute atomic E-state index is 13.6. The van der Waals surface area contributed by atoms with Gasteiger partial charge in [-0.2, -0.15) is 0 Å². The van der Waals surface area contributed by atoms with Gasteiger partial charge in [-0.25, -0.2) is 12.8 Å². The Balaban J connectivity index is 2.88. The number of halogens is 1. The number of benzene rings is 1. The second kappa shape index (κ2) is 7.32. The molecular formula is C12H15FN2O4S2. The number of thiocarbonyl (C=S) groups is 1. The van der Waals surface area contributed by atoms with Gasteiger partial charge in [0.15, 0.2) is 0 Å². The standard InChI is InChI=1S/C12H15FN2O4S2/c1-2-19-10(16)6-7-21(17,18)15-9-5-3-4-8(13)11(9)12(14)20/h3-5,15H,2,6-7H2,1H3,(H2,14,20). The van der Waals surface area contributed by atoms with E-state index in [1.54, 1.807) is 6.92 Å². The van der Waals surface area contributed by atoms with Crippen molar-refractivity contribution in [1.82, 2.24) is 0 Å². The summed E-state index contributed by atoms with van der Waals surface area (Å²) in [5, 5.41) is 0. The van der Waals surface area contributed by atoms with Crippen LogP contribution in [0.1, 0.15) is 18.9 Å². The van der Waals surface area contributed by atoms with Gasteiger partial charge in [-0.05, 0) is 19.1 Å². The van der Waals surface area contributed by atoms with E-state index in [0.717, 1.165) is 6.07 Å². The number of anilines is 1. The van der Waals surface area contributed by atoms with Crippen molar-refractivity contribution in [1.29, 1.82) is 0 Å². The summed E-state index contributed by atoms with van der Waals surface area (Å²) in [6.07, 6.45) is -0.305. The highest BCUT2D eigenvalue weighted by Crippen LogP contribution is 2.20. The van der Waals surface area contributed by atoms with E-state index in [-0.39, 0.29) is 29.3 Å². The molecule has 6 nitrogen and oxygen atoms in total. The zero-order chi connectivity index (χ0) is 16.0. The lowest BCUT2D eigenvalue weighted by Crippen LogP contribution is -2.23. The van der Waals surface area contributed by atoms with E-state index in [4.69, 9.17) is 18.0 Å². The third-order valence-electron chi connectivity index (χ3n) is 2.41. The molecule has 0 atom stereocenters. The van der Waals surface area contributed by atoms with E-state index in [1.807, 2.05) is 0 Å². The molecule has 3 N–H and O–H groups in total. The minimum Gasteiger partial charge on any atom is -0.466 e. The quantitative estimate of drug-likeness (QED) is 0.573. The Bertz CT molecular complexity index is 647. The molecule has 1 rings (SSSR count). The summed E-state index contributed by atoms with van der Waals surface area (Å²) in [6.45, 7) is 1.79. The summed E-state index contributed by atoms with van der Waals surface area (Å²) < 4.78 is 44.2. The molecule has 0 aromatic heterocycles. The van der Waals surface area contributed by atoms with Crippen molar-refractivity contribution in [3.63, 3.8) is 0 Å². The number of hydrogen-bond acceptors (Lipinski definition) is 5. The lowest BCUT2D eigenvalue weighted by atomic mass is 10.2. The smallest absolute Gasteiger partial charge is 0.306 e. The predicted molar refractivity (Wildman–Crippen MR) is 80.9 cm³/mol. The molecule has 0 aliphatic carbocycles. The van der Waals surface area contributed by atoms with E-state index in [2.05, 4.69) is 9.46 Å². The van der Waals surface area contributed by atoms with Gasteiger partial charge in [0.1, 0.15) is 10.8 Å². The second-order valence-electron chi connectivity index (χ2n) is 4.00. The van der Waals surface area contributed by atoms with E-state index in [1.165, 1.54) is 12.1 Å². The van der Waals surface area contributed by atoms with Crippen LogP contribution in [0, 0.1) is 5.82 Å². The van der Waals surface area contributed by atoms with Crippen molar-refractivity contribution in [3.05, 3.63) is 29.6 Å². The Hall–Kier alpha value is -1.74. The molecule has 0 saturated carbocycles. The van der Waals surface area contributed by atoms with E-state index < -0.39 is 27.6 Å². The molecule has 0 saturated heterocycles. The van der Waals surface area contributed by atoms with Crippen molar-refractivity contribution in [3.8, 4) is 0 Å². The first kappa shape index (κ1) is 17.3. The average molecular weight is 334 g/mol. The third-order valence-corrected chi connectivity index (χ3v) is 3.88. The fourth-order valence-electron chi connectivity index (χ4n) is 1.53. The highest BCUT2D eigenvalue weighted by molar-refractivity contribution is 7.92. The fraction of sp³-hybridized carbons (Fsp3) is 0.333. The number of carbonyl (C=O) groups excluding carboxylic acids is 1. The van der Waals surface area contributed by atoms with E-state index >= 15 is 0 Å². The highest BCUT2D eigenvalue weighted by Gasteiger charge is 2.18. The molecule has 9 heteroatoms. The van der Waals surface area contributed by atoms with Crippen LogP contribution in [-0.4, -0.2) is 31.7 Å². The third kappa shape index (κ3) is 5.27. The van der Waals surface area contributed by atoms with Crippen LogP contribution in [0.25, 0.3) is 0 Å². The molecule has 0 bridgehead atoms. The molecule has 1 aromatic carbocycles. The van der Waals surface area contributed by atoms with Crippen LogP contribution < -0.4 is 10.5 Å². The first-order valence-electron chi connectivity index (χ1n) is 6.01. The molecular weight excluding hydrogens is 319 g/mol. The minimum absolute atomic E-state index is 0.0636.